The van der Waals surface area contributed by atoms with Gasteiger partial charge in [-0.15, -0.1) is 0 Å². The molecule has 15 heavy (non-hydrogen) atoms. The van der Waals surface area contributed by atoms with Crippen LogP contribution in [0.25, 0.3) is 0 Å². The van der Waals surface area contributed by atoms with Gasteiger partial charge in [-0.3, -0.25) is 0 Å². The van der Waals surface area contributed by atoms with E-state index >= 15 is 0 Å². The molecule has 0 rings (SSSR count). The predicted octanol–water partition coefficient (Wildman–Crippen LogP) is 4.31. The third kappa shape index (κ3) is 5.96. The van der Waals surface area contributed by atoms with E-state index in [0.29, 0.717) is 17.8 Å². The first kappa shape index (κ1) is 14.7. The van der Waals surface area contributed by atoms with E-state index in [0.717, 1.165) is 6.42 Å². The molecule has 0 aliphatic carbocycles. The topological polar surface area (TPSA) is 17.1 Å². The van der Waals surface area contributed by atoms with Crippen molar-refractivity contribution < 1.29 is 4.79 Å². The van der Waals surface area contributed by atoms with Crippen molar-refractivity contribution in [1.82, 2.24) is 0 Å². The fourth-order valence-corrected chi connectivity index (χ4v) is 2.31. The van der Waals surface area contributed by atoms with Gasteiger partial charge in [0.1, 0.15) is 6.29 Å². The van der Waals surface area contributed by atoms with Crippen LogP contribution in [0.1, 0.15) is 60.3 Å². The molecule has 0 radical (unpaired) electrons. The molecule has 0 heterocycles. The highest BCUT2D eigenvalue weighted by molar-refractivity contribution is 5.54. The van der Waals surface area contributed by atoms with Crippen LogP contribution in [0.5, 0.6) is 0 Å². The Kier molecular flexibility index (Phi) is 7.72. The lowest BCUT2D eigenvalue weighted by atomic mass is 9.77. The molecular formula is C14H28O. The highest BCUT2D eigenvalue weighted by atomic mass is 16.1. The molecule has 2 atom stereocenters. The quantitative estimate of drug-likeness (QED) is 0.548. The van der Waals surface area contributed by atoms with Gasteiger partial charge in [-0.1, -0.05) is 47.5 Å². The van der Waals surface area contributed by atoms with Gasteiger partial charge in [0.25, 0.3) is 0 Å². The average Bonchev–Trinajstić information content (AvgIpc) is 2.16. The Morgan fingerprint density at radius 2 is 1.73 bits per heavy atom. The van der Waals surface area contributed by atoms with Crippen LogP contribution in [0.2, 0.25) is 0 Å². The number of rotatable bonds is 8. The van der Waals surface area contributed by atoms with Gasteiger partial charge in [0.05, 0.1) is 0 Å². The van der Waals surface area contributed by atoms with Crippen LogP contribution in [-0.4, -0.2) is 6.29 Å². The Bertz CT molecular complexity index is 161. The molecule has 0 aromatic heterocycles. The number of aldehydes is 1. The van der Waals surface area contributed by atoms with E-state index in [1.807, 2.05) is 0 Å². The van der Waals surface area contributed by atoms with Crippen LogP contribution in [0.4, 0.5) is 0 Å². The summed E-state index contributed by atoms with van der Waals surface area (Å²) in [6.45, 7) is 11.2. The maximum atomic E-state index is 11.1. The van der Waals surface area contributed by atoms with Crippen molar-refractivity contribution in [3.63, 3.8) is 0 Å². The fourth-order valence-electron chi connectivity index (χ4n) is 2.31. The van der Waals surface area contributed by atoms with Gasteiger partial charge >= 0.3 is 0 Å². The van der Waals surface area contributed by atoms with Gasteiger partial charge in [0, 0.05) is 5.92 Å². The fraction of sp³-hybridized carbons (Fsp3) is 0.929. The summed E-state index contributed by atoms with van der Waals surface area (Å²) in [6.07, 6.45) is 5.84. The molecule has 1 nitrogen and oxygen atoms in total. The first-order chi connectivity index (χ1) is 7.02. The van der Waals surface area contributed by atoms with E-state index in [1.165, 1.54) is 25.5 Å². The first-order valence-corrected chi connectivity index (χ1v) is 6.48. The minimum absolute atomic E-state index is 0.285. The maximum absolute atomic E-state index is 11.1. The molecule has 0 saturated heterocycles. The van der Waals surface area contributed by atoms with Gasteiger partial charge in [0.2, 0.25) is 0 Å². The second-order valence-electron chi connectivity index (χ2n) is 5.48. The first-order valence-electron chi connectivity index (χ1n) is 6.48. The zero-order valence-corrected chi connectivity index (χ0v) is 11.1. The highest BCUT2D eigenvalue weighted by Crippen LogP contribution is 2.30. The van der Waals surface area contributed by atoms with Crippen LogP contribution in [0.3, 0.4) is 0 Å². The lowest BCUT2D eigenvalue weighted by Gasteiger charge is -2.28. The van der Waals surface area contributed by atoms with E-state index in [9.17, 15) is 4.79 Å². The molecular weight excluding hydrogens is 184 g/mol. The lowest BCUT2D eigenvalue weighted by molar-refractivity contribution is -0.113. The SMILES string of the molecule is CCCCC(C=O)C(CC(C)C)C(C)C. The van der Waals surface area contributed by atoms with Crippen LogP contribution in [0, 0.1) is 23.7 Å². The zero-order chi connectivity index (χ0) is 11.8. The minimum Gasteiger partial charge on any atom is -0.303 e. The summed E-state index contributed by atoms with van der Waals surface area (Å²) in [4.78, 5) is 11.1. The summed E-state index contributed by atoms with van der Waals surface area (Å²) in [7, 11) is 0. The van der Waals surface area contributed by atoms with Gasteiger partial charge in [-0.2, -0.15) is 0 Å². The molecule has 0 saturated carbocycles. The summed E-state index contributed by atoms with van der Waals surface area (Å²) in [6, 6.07) is 0. The summed E-state index contributed by atoms with van der Waals surface area (Å²) in [5.41, 5.74) is 0. The summed E-state index contributed by atoms with van der Waals surface area (Å²) < 4.78 is 0. The molecule has 90 valence electrons. The predicted molar refractivity (Wildman–Crippen MR) is 66.9 cm³/mol. The number of hydrogen-bond acceptors (Lipinski definition) is 1. The third-order valence-electron chi connectivity index (χ3n) is 3.22. The van der Waals surface area contributed by atoms with Crippen LogP contribution in [-0.2, 0) is 4.79 Å². The van der Waals surface area contributed by atoms with Crippen molar-refractivity contribution in [3.8, 4) is 0 Å². The largest absolute Gasteiger partial charge is 0.303 e. The second-order valence-corrected chi connectivity index (χ2v) is 5.48. The molecule has 0 aromatic carbocycles. The summed E-state index contributed by atoms with van der Waals surface area (Å²) in [5, 5.41) is 0. The van der Waals surface area contributed by atoms with Crippen molar-refractivity contribution in [1.29, 1.82) is 0 Å². The molecule has 0 N–H and O–H groups in total. The van der Waals surface area contributed by atoms with E-state index in [-0.39, 0.29) is 5.92 Å². The highest BCUT2D eigenvalue weighted by Gasteiger charge is 2.24. The Balaban J connectivity index is 4.33. The molecule has 0 aliphatic heterocycles. The van der Waals surface area contributed by atoms with E-state index < -0.39 is 0 Å². The third-order valence-corrected chi connectivity index (χ3v) is 3.22. The van der Waals surface area contributed by atoms with Crippen LogP contribution in [0.15, 0.2) is 0 Å². The Morgan fingerprint density at radius 1 is 1.13 bits per heavy atom. The monoisotopic (exact) mass is 212 g/mol. The normalized spacial score (nSPS) is 15.7. The van der Waals surface area contributed by atoms with Crippen molar-refractivity contribution >= 4 is 6.29 Å². The molecule has 2 unspecified atom stereocenters. The lowest BCUT2D eigenvalue weighted by Crippen LogP contribution is -2.23. The molecule has 0 aromatic rings. The zero-order valence-electron chi connectivity index (χ0n) is 11.1. The standard InChI is InChI=1S/C14H28O/c1-6-7-8-13(10-15)14(12(4)5)9-11(2)3/h10-14H,6-9H2,1-5H3. The molecule has 1 heteroatoms. The van der Waals surface area contributed by atoms with Crippen molar-refractivity contribution in [3.05, 3.63) is 0 Å². The summed E-state index contributed by atoms with van der Waals surface area (Å²) in [5.74, 6) is 2.18. The van der Waals surface area contributed by atoms with Gasteiger partial charge in [-0.05, 0) is 30.6 Å². The number of carbonyl (C=O) groups excluding carboxylic acids is 1. The Morgan fingerprint density at radius 3 is 2.07 bits per heavy atom. The van der Waals surface area contributed by atoms with E-state index in [4.69, 9.17) is 0 Å². The van der Waals surface area contributed by atoms with Crippen molar-refractivity contribution in [2.75, 3.05) is 0 Å². The van der Waals surface area contributed by atoms with Crippen LogP contribution < -0.4 is 0 Å². The van der Waals surface area contributed by atoms with E-state index in [2.05, 4.69) is 34.6 Å². The number of hydrogen-bond donors (Lipinski definition) is 0. The molecule has 0 spiro atoms. The average molecular weight is 212 g/mol. The van der Waals surface area contributed by atoms with Gasteiger partial charge in [0.15, 0.2) is 0 Å². The van der Waals surface area contributed by atoms with Crippen LogP contribution >= 0.6 is 0 Å². The second kappa shape index (κ2) is 7.90. The van der Waals surface area contributed by atoms with Crippen molar-refractivity contribution in [2.45, 2.75) is 60.3 Å². The maximum Gasteiger partial charge on any atom is 0.123 e. The van der Waals surface area contributed by atoms with Gasteiger partial charge < -0.3 is 4.79 Å². The Hall–Kier alpha value is -0.330. The van der Waals surface area contributed by atoms with Gasteiger partial charge in [-0.25, -0.2) is 0 Å². The molecule has 0 aliphatic rings. The molecule has 0 fully saturated rings. The smallest absolute Gasteiger partial charge is 0.123 e. The Labute approximate surface area is 95.6 Å². The number of unbranched alkanes of at least 4 members (excludes halogenated alkanes) is 1. The minimum atomic E-state index is 0.285. The molecule has 0 amide bonds. The molecule has 0 bridgehead atoms. The number of carbonyl (C=O) groups is 1. The summed E-state index contributed by atoms with van der Waals surface area (Å²) >= 11 is 0. The van der Waals surface area contributed by atoms with Crippen molar-refractivity contribution in [2.24, 2.45) is 23.7 Å². The van der Waals surface area contributed by atoms with E-state index in [1.54, 1.807) is 0 Å².